The first kappa shape index (κ1) is 15.8. The zero-order valence-electron chi connectivity index (χ0n) is 13.6. The fourth-order valence-corrected chi connectivity index (χ4v) is 3.32. The van der Waals surface area contributed by atoms with Crippen LogP contribution in [0.1, 0.15) is 40.5 Å². The highest BCUT2D eigenvalue weighted by Crippen LogP contribution is 2.40. The molecule has 2 rings (SSSR count). The maximum Gasteiger partial charge on any atom is 0.122 e. The monoisotopic (exact) mass is 278 g/mol. The van der Waals surface area contributed by atoms with Crippen LogP contribution < -0.4 is 5.32 Å². The number of hydrogen-bond acceptors (Lipinski definition) is 4. The van der Waals surface area contributed by atoms with E-state index in [-0.39, 0.29) is 11.1 Å². The Labute approximate surface area is 124 Å². The van der Waals surface area contributed by atoms with Gasteiger partial charge >= 0.3 is 0 Å². The van der Waals surface area contributed by atoms with Crippen LogP contribution in [0.15, 0.2) is 0 Å². The molecule has 20 heavy (non-hydrogen) atoms. The minimum atomic E-state index is -0.307. The van der Waals surface area contributed by atoms with Crippen molar-refractivity contribution in [2.75, 3.05) is 39.3 Å². The van der Waals surface area contributed by atoms with Crippen LogP contribution in [-0.4, -0.2) is 60.1 Å². The van der Waals surface area contributed by atoms with Crippen LogP contribution in [0.4, 0.5) is 0 Å². The smallest absolute Gasteiger partial charge is 0.122 e. The Morgan fingerprint density at radius 2 is 1.75 bits per heavy atom. The van der Waals surface area contributed by atoms with Gasteiger partial charge in [0.2, 0.25) is 0 Å². The average Bonchev–Trinajstić information content (AvgIpc) is 3.22. The third-order valence-corrected chi connectivity index (χ3v) is 4.76. The van der Waals surface area contributed by atoms with Gasteiger partial charge in [-0.3, -0.25) is 15.1 Å². The van der Waals surface area contributed by atoms with Crippen LogP contribution in [0.5, 0.6) is 0 Å². The minimum absolute atomic E-state index is 0.260. The van der Waals surface area contributed by atoms with E-state index in [0.717, 1.165) is 39.3 Å². The number of nitriles is 1. The lowest BCUT2D eigenvalue weighted by Gasteiger charge is -2.44. The Balaban J connectivity index is 1.92. The third-order valence-electron chi connectivity index (χ3n) is 4.76. The standard InChI is InChI=1S/C16H30N4/c1-5-18-16(12-17,14-6-7-14)13-19-8-10-20(11-9-19)15(2,3)4/h14,18H,5-11,13H2,1-4H3. The molecule has 1 aliphatic carbocycles. The second-order valence-corrected chi connectivity index (χ2v) is 7.32. The van der Waals surface area contributed by atoms with Gasteiger partial charge < -0.3 is 0 Å². The van der Waals surface area contributed by atoms with Gasteiger partial charge in [-0.2, -0.15) is 5.26 Å². The molecule has 0 aromatic rings. The molecule has 114 valence electrons. The number of rotatable bonds is 5. The molecule has 0 aromatic heterocycles. The number of nitrogens with zero attached hydrogens (tertiary/aromatic N) is 3. The molecule has 0 bridgehead atoms. The number of piperazine rings is 1. The lowest BCUT2D eigenvalue weighted by atomic mass is 9.93. The van der Waals surface area contributed by atoms with E-state index in [1.54, 1.807) is 0 Å². The summed E-state index contributed by atoms with van der Waals surface area (Å²) in [5.74, 6) is 0.563. The summed E-state index contributed by atoms with van der Waals surface area (Å²) in [6.45, 7) is 15.1. The fraction of sp³-hybridized carbons (Fsp3) is 0.938. The molecule has 1 atom stereocenters. The summed E-state index contributed by atoms with van der Waals surface area (Å²) in [5, 5.41) is 13.2. The van der Waals surface area contributed by atoms with Gasteiger partial charge in [-0.1, -0.05) is 6.92 Å². The van der Waals surface area contributed by atoms with Gasteiger partial charge in [0.05, 0.1) is 6.07 Å². The Morgan fingerprint density at radius 1 is 1.15 bits per heavy atom. The zero-order chi connectivity index (χ0) is 14.8. The maximum absolute atomic E-state index is 9.68. The van der Waals surface area contributed by atoms with Gasteiger partial charge in [0.25, 0.3) is 0 Å². The van der Waals surface area contributed by atoms with Crippen molar-refractivity contribution >= 4 is 0 Å². The lowest BCUT2D eigenvalue weighted by molar-refractivity contribution is 0.0512. The van der Waals surface area contributed by atoms with E-state index in [0.29, 0.717) is 5.92 Å². The molecule has 1 aliphatic heterocycles. The Bertz CT molecular complexity index is 356. The van der Waals surface area contributed by atoms with Crippen LogP contribution in [0.3, 0.4) is 0 Å². The molecule has 0 aromatic carbocycles. The summed E-state index contributed by atoms with van der Waals surface area (Å²) in [5.41, 5.74) is -0.0464. The molecule has 1 saturated heterocycles. The molecule has 4 nitrogen and oxygen atoms in total. The van der Waals surface area contributed by atoms with E-state index >= 15 is 0 Å². The van der Waals surface area contributed by atoms with Crippen LogP contribution in [0.25, 0.3) is 0 Å². The average molecular weight is 278 g/mol. The third kappa shape index (κ3) is 3.52. The highest BCUT2D eigenvalue weighted by molar-refractivity contribution is 5.16. The summed E-state index contributed by atoms with van der Waals surface area (Å²) >= 11 is 0. The molecule has 0 radical (unpaired) electrons. The lowest BCUT2D eigenvalue weighted by Crippen LogP contribution is -2.59. The van der Waals surface area contributed by atoms with Crippen molar-refractivity contribution in [2.24, 2.45) is 5.92 Å². The van der Waals surface area contributed by atoms with Gasteiger partial charge in [-0.15, -0.1) is 0 Å². The first-order valence-electron chi connectivity index (χ1n) is 8.05. The summed E-state index contributed by atoms with van der Waals surface area (Å²) in [6.07, 6.45) is 2.42. The predicted molar refractivity (Wildman–Crippen MR) is 82.5 cm³/mol. The number of likely N-dealkylation sites (N-methyl/N-ethyl adjacent to an activating group) is 1. The Kier molecular flexibility index (Phi) is 4.73. The van der Waals surface area contributed by atoms with Crippen molar-refractivity contribution in [2.45, 2.75) is 51.6 Å². The second-order valence-electron chi connectivity index (χ2n) is 7.32. The van der Waals surface area contributed by atoms with E-state index in [2.05, 4.69) is 48.9 Å². The van der Waals surface area contributed by atoms with Crippen molar-refractivity contribution in [3.05, 3.63) is 0 Å². The van der Waals surface area contributed by atoms with Crippen molar-refractivity contribution < 1.29 is 0 Å². The molecule has 2 aliphatic rings. The van der Waals surface area contributed by atoms with E-state index in [1.807, 2.05) is 0 Å². The molecule has 4 heteroatoms. The molecule has 1 N–H and O–H groups in total. The normalized spacial score (nSPS) is 25.1. The first-order valence-corrected chi connectivity index (χ1v) is 8.05. The van der Waals surface area contributed by atoms with Crippen LogP contribution in [0.2, 0.25) is 0 Å². The van der Waals surface area contributed by atoms with Gasteiger partial charge in [0, 0.05) is 38.3 Å². The highest BCUT2D eigenvalue weighted by Gasteiger charge is 2.46. The molecular formula is C16H30N4. The van der Waals surface area contributed by atoms with E-state index in [9.17, 15) is 5.26 Å². The summed E-state index contributed by atoms with van der Waals surface area (Å²) in [6, 6.07) is 2.60. The molecule has 1 saturated carbocycles. The highest BCUT2D eigenvalue weighted by atomic mass is 15.3. The number of hydrogen-bond donors (Lipinski definition) is 1. The second kappa shape index (κ2) is 6.01. The van der Waals surface area contributed by atoms with Crippen molar-refractivity contribution in [1.82, 2.24) is 15.1 Å². The predicted octanol–water partition coefficient (Wildman–Crippen LogP) is 1.68. The molecule has 1 heterocycles. The topological polar surface area (TPSA) is 42.3 Å². The fourth-order valence-electron chi connectivity index (χ4n) is 3.32. The Hall–Kier alpha value is -0.630. The molecule has 2 fully saturated rings. The summed E-state index contributed by atoms with van der Waals surface area (Å²) in [7, 11) is 0. The zero-order valence-corrected chi connectivity index (χ0v) is 13.6. The van der Waals surface area contributed by atoms with Gasteiger partial charge in [0.1, 0.15) is 5.54 Å². The molecule has 1 unspecified atom stereocenters. The van der Waals surface area contributed by atoms with Crippen molar-refractivity contribution in [1.29, 1.82) is 5.26 Å². The largest absolute Gasteiger partial charge is 0.298 e. The number of nitrogens with one attached hydrogen (secondary N) is 1. The maximum atomic E-state index is 9.68. The van der Waals surface area contributed by atoms with E-state index < -0.39 is 0 Å². The van der Waals surface area contributed by atoms with Crippen LogP contribution in [-0.2, 0) is 0 Å². The van der Waals surface area contributed by atoms with Crippen LogP contribution >= 0.6 is 0 Å². The van der Waals surface area contributed by atoms with Gasteiger partial charge in [-0.25, -0.2) is 0 Å². The Morgan fingerprint density at radius 3 is 2.15 bits per heavy atom. The van der Waals surface area contributed by atoms with Crippen molar-refractivity contribution in [3.8, 4) is 6.07 Å². The quantitative estimate of drug-likeness (QED) is 0.831. The van der Waals surface area contributed by atoms with E-state index in [4.69, 9.17) is 0 Å². The molecule has 0 spiro atoms. The minimum Gasteiger partial charge on any atom is -0.298 e. The van der Waals surface area contributed by atoms with Crippen LogP contribution in [0, 0.1) is 17.2 Å². The van der Waals surface area contributed by atoms with E-state index in [1.165, 1.54) is 12.8 Å². The SMILES string of the molecule is CCNC(C#N)(CN1CCN(C(C)(C)C)CC1)C1CC1. The molecular weight excluding hydrogens is 248 g/mol. The van der Waals surface area contributed by atoms with Gasteiger partial charge in [0.15, 0.2) is 0 Å². The van der Waals surface area contributed by atoms with Crippen molar-refractivity contribution in [3.63, 3.8) is 0 Å². The van der Waals surface area contributed by atoms with Gasteiger partial charge in [-0.05, 0) is 46.1 Å². The first-order chi connectivity index (χ1) is 9.41. The summed E-state index contributed by atoms with van der Waals surface area (Å²) in [4.78, 5) is 5.02. The molecule has 0 amide bonds. The summed E-state index contributed by atoms with van der Waals surface area (Å²) < 4.78 is 0.